The molecule has 2 aromatic carbocycles. The number of nitrogens with zero attached hydrogens (tertiary/aromatic N) is 1. The molecule has 27 heavy (non-hydrogen) atoms. The number of carbonyl (C=O) groups is 1. The number of benzene rings is 2. The zero-order valence-electron chi connectivity index (χ0n) is 13.8. The van der Waals surface area contributed by atoms with Crippen molar-refractivity contribution in [1.29, 1.82) is 0 Å². The Morgan fingerprint density at radius 3 is 2.37 bits per heavy atom. The molecule has 1 aromatic heterocycles. The molecule has 0 bridgehead atoms. The van der Waals surface area contributed by atoms with Gasteiger partial charge in [-0.1, -0.05) is 23.7 Å². The molecule has 8 heteroatoms. The van der Waals surface area contributed by atoms with Gasteiger partial charge in [-0.05, 0) is 42.0 Å². The molecule has 0 saturated heterocycles. The Labute approximate surface area is 158 Å². The van der Waals surface area contributed by atoms with E-state index in [4.69, 9.17) is 11.6 Å². The van der Waals surface area contributed by atoms with Gasteiger partial charge in [0.2, 0.25) is 0 Å². The molecule has 1 heterocycles. The van der Waals surface area contributed by atoms with Crippen LogP contribution in [0.2, 0.25) is 5.02 Å². The number of carbonyl (C=O) groups excluding carboxylic acids is 1. The van der Waals surface area contributed by atoms with Crippen LogP contribution in [0.3, 0.4) is 0 Å². The van der Waals surface area contributed by atoms with Crippen LogP contribution in [0.4, 0.5) is 24.7 Å². The van der Waals surface area contributed by atoms with E-state index < -0.39 is 28.9 Å². The van der Waals surface area contributed by atoms with Crippen molar-refractivity contribution in [2.45, 2.75) is 6.54 Å². The Kier molecular flexibility index (Phi) is 5.61. The fraction of sp³-hybridized carbons (Fsp3) is 0.0526. The largest absolute Gasteiger partial charge is 0.380 e. The maximum Gasteiger partial charge on any atom is 0.259 e. The van der Waals surface area contributed by atoms with Crippen LogP contribution < -0.4 is 10.6 Å². The lowest BCUT2D eigenvalue weighted by Crippen LogP contribution is -2.16. The average molecular weight is 392 g/mol. The first-order valence-electron chi connectivity index (χ1n) is 7.83. The van der Waals surface area contributed by atoms with Gasteiger partial charge in [0.15, 0.2) is 17.5 Å². The predicted molar refractivity (Wildman–Crippen MR) is 97.3 cm³/mol. The molecule has 4 nitrogen and oxygen atoms in total. The van der Waals surface area contributed by atoms with Crippen LogP contribution in [0.25, 0.3) is 0 Å². The minimum absolute atomic E-state index is 0.140. The first kappa shape index (κ1) is 18.7. The Bertz CT molecular complexity index is 963. The van der Waals surface area contributed by atoms with Gasteiger partial charge >= 0.3 is 0 Å². The smallest absolute Gasteiger partial charge is 0.259 e. The number of anilines is 2. The Morgan fingerprint density at radius 1 is 0.963 bits per heavy atom. The number of rotatable bonds is 5. The highest BCUT2D eigenvalue weighted by Gasteiger charge is 2.19. The molecule has 0 atom stereocenters. The molecule has 1 amide bonds. The summed E-state index contributed by atoms with van der Waals surface area (Å²) in [5.74, 6) is -5.40. The summed E-state index contributed by atoms with van der Waals surface area (Å²) in [4.78, 5) is 16.0. The lowest BCUT2D eigenvalue weighted by molar-refractivity contribution is 0.102. The van der Waals surface area contributed by atoms with E-state index in [1.807, 2.05) is 12.1 Å². The predicted octanol–water partition coefficient (Wildman–Crippen LogP) is 5.02. The third-order valence-corrected chi connectivity index (χ3v) is 3.95. The van der Waals surface area contributed by atoms with Crippen LogP contribution in [0.1, 0.15) is 15.9 Å². The lowest BCUT2D eigenvalue weighted by Gasteiger charge is -2.09. The second-order valence-corrected chi connectivity index (χ2v) is 6.03. The summed E-state index contributed by atoms with van der Waals surface area (Å²) in [7, 11) is 0. The number of hydrogen-bond acceptors (Lipinski definition) is 3. The van der Waals surface area contributed by atoms with Crippen LogP contribution >= 0.6 is 11.6 Å². The molecule has 3 rings (SSSR count). The van der Waals surface area contributed by atoms with Crippen LogP contribution in [-0.2, 0) is 6.54 Å². The maximum atomic E-state index is 13.7. The van der Waals surface area contributed by atoms with E-state index in [1.165, 1.54) is 12.3 Å². The molecule has 3 aromatic rings. The number of nitrogens with one attached hydrogen (secondary N) is 2. The number of hydrogen-bond donors (Lipinski definition) is 2. The first-order valence-corrected chi connectivity index (χ1v) is 8.21. The molecule has 0 aliphatic rings. The zero-order valence-corrected chi connectivity index (χ0v) is 14.5. The van der Waals surface area contributed by atoms with Crippen molar-refractivity contribution in [3.8, 4) is 0 Å². The molecule has 0 radical (unpaired) electrons. The molecule has 2 N–H and O–H groups in total. The van der Waals surface area contributed by atoms with Gasteiger partial charge in [0, 0.05) is 11.6 Å². The Morgan fingerprint density at radius 2 is 1.70 bits per heavy atom. The summed E-state index contributed by atoms with van der Waals surface area (Å²) in [6, 6.07) is 12.1. The van der Waals surface area contributed by atoms with E-state index in [2.05, 4.69) is 15.6 Å². The van der Waals surface area contributed by atoms with E-state index in [0.29, 0.717) is 23.3 Å². The summed E-state index contributed by atoms with van der Waals surface area (Å²) in [5, 5.41) is 6.13. The minimum Gasteiger partial charge on any atom is -0.380 e. The molecule has 0 aliphatic carbocycles. The van der Waals surface area contributed by atoms with Crippen molar-refractivity contribution in [1.82, 2.24) is 4.98 Å². The first-order chi connectivity index (χ1) is 12.9. The molecular weight excluding hydrogens is 379 g/mol. The van der Waals surface area contributed by atoms with Crippen molar-refractivity contribution in [3.05, 3.63) is 88.3 Å². The van der Waals surface area contributed by atoms with Crippen LogP contribution in [0, 0.1) is 17.5 Å². The molecule has 0 aliphatic heterocycles. The number of halogens is 4. The maximum absolute atomic E-state index is 13.7. The second-order valence-electron chi connectivity index (χ2n) is 5.59. The standard InChI is InChI=1S/C19H13ClF3N3O/c20-12-3-1-11(2-4-12)9-24-13-5-8-16(25-10-13)26-19(27)14-6-7-15(21)18(23)17(14)22/h1-8,10,24H,9H2,(H,25,26,27). The van der Waals surface area contributed by atoms with Gasteiger partial charge in [0.25, 0.3) is 5.91 Å². The number of amides is 1. The van der Waals surface area contributed by atoms with Crippen LogP contribution in [0.15, 0.2) is 54.7 Å². The molecule has 0 unspecified atom stereocenters. The molecule has 0 spiro atoms. The highest BCUT2D eigenvalue weighted by Crippen LogP contribution is 2.18. The highest BCUT2D eigenvalue weighted by atomic mass is 35.5. The molecule has 0 fully saturated rings. The van der Waals surface area contributed by atoms with E-state index in [-0.39, 0.29) is 5.82 Å². The van der Waals surface area contributed by atoms with E-state index in [9.17, 15) is 18.0 Å². The quantitative estimate of drug-likeness (QED) is 0.601. The Balaban J connectivity index is 1.62. The summed E-state index contributed by atoms with van der Waals surface area (Å²) < 4.78 is 39.8. The van der Waals surface area contributed by atoms with Gasteiger partial charge in [-0.25, -0.2) is 18.2 Å². The lowest BCUT2D eigenvalue weighted by atomic mass is 10.2. The minimum atomic E-state index is -1.70. The van der Waals surface area contributed by atoms with Gasteiger partial charge in [0.05, 0.1) is 17.4 Å². The third-order valence-electron chi connectivity index (χ3n) is 3.69. The molecular formula is C19H13ClF3N3O. The van der Waals surface area contributed by atoms with Crippen molar-refractivity contribution < 1.29 is 18.0 Å². The van der Waals surface area contributed by atoms with Crippen molar-refractivity contribution in [2.75, 3.05) is 10.6 Å². The highest BCUT2D eigenvalue weighted by molar-refractivity contribution is 6.30. The monoisotopic (exact) mass is 391 g/mol. The summed E-state index contributed by atoms with van der Waals surface area (Å²) in [6.45, 7) is 0.546. The third kappa shape index (κ3) is 4.57. The van der Waals surface area contributed by atoms with Gasteiger partial charge in [-0.3, -0.25) is 4.79 Å². The van der Waals surface area contributed by atoms with Gasteiger partial charge < -0.3 is 10.6 Å². The van der Waals surface area contributed by atoms with E-state index in [1.54, 1.807) is 18.2 Å². The second kappa shape index (κ2) is 8.09. The van der Waals surface area contributed by atoms with Crippen molar-refractivity contribution in [2.24, 2.45) is 0 Å². The average Bonchev–Trinajstić information content (AvgIpc) is 2.67. The van der Waals surface area contributed by atoms with Gasteiger partial charge in [0.1, 0.15) is 5.82 Å². The zero-order chi connectivity index (χ0) is 19.4. The number of aromatic nitrogens is 1. The van der Waals surface area contributed by atoms with E-state index in [0.717, 1.165) is 11.6 Å². The molecule has 138 valence electrons. The van der Waals surface area contributed by atoms with Crippen LogP contribution in [0.5, 0.6) is 0 Å². The van der Waals surface area contributed by atoms with E-state index >= 15 is 0 Å². The topological polar surface area (TPSA) is 54.0 Å². The normalized spacial score (nSPS) is 10.5. The fourth-order valence-electron chi connectivity index (χ4n) is 2.26. The summed E-state index contributed by atoms with van der Waals surface area (Å²) in [6.07, 6.45) is 1.48. The van der Waals surface area contributed by atoms with Crippen LogP contribution in [-0.4, -0.2) is 10.9 Å². The number of pyridine rings is 1. The Hall–Kier alpha value is -3.06. The van der Waals surface area contributed by atoms with Crippen molar-refractivity contribution >= 4 is 29.0 Å². The van der Waals surface area contributed by atoms with Gasteiger partial charge in [-0.15, -0.1) is 0 Å². The SMILES string of the molecule is O=C(Nc1ccc(NCc2ccc(Cl)cc2)cn1)c1ccc(F)c(F)c1F. The fourth-order valence-corrected chi connectivity index (χ4v) is 2.39. The van der Waals surface area contributed by atoms with Gasteiger partial charge in [-0.2, -0.15) is 0 Å². The van der Waals surface area contributed by atoms with Crippen molar-refractivity contribution in [3.63, 3.8) is 0 Å². The molecule has 0 saturated carbocycles. The summed E-state index contributed by atoms with van der Waals surface area (Å²) >= 11 is 5.83. The summed E-state index contributed by atoms with van der Waals surface area (Å²) in [5.41, 5.74) is 1.10.